The summed E-state index contributed by atoms with van der Waals surface area (Å²) >= 11 is 3.29. The van der Waals surface area contributed by atoms with E-state index in [2.05, 4.69) is 15.9 Å². The van der Waals surface area contributed by atoms with Crippen LogP contribution in [0, 0.1) is 22.0 Å². The number of nitrogens with zero attached hydrogens (tertiary/aromatic N) is 2. The van der Waals surface area contributed by atoms with Crippen LogP contribution in [0.5, 0.6) is 23.0 Å². The molecule has 11 nitrogen and oxygen atoms in total. The van der Waals surface area contributed by atoms with Gasteiger partial charge in [0.25, 0.3) is 5.69 Å². The van der Waals surface area contributed by atoms with E-state index in [1.165, 1.54) is 12.1 Å². The van der Waals surface area contributed by atoms with Crippen molar-refractivity contribution in [3.63, 3.8) is 0 Å². The molecule has 3 heterocycles. The molecule has 2 fully saturated rings. The summed E-state index contributed by atoms with van der Waals surface area (Å²) in [5.74, 6) is -2.35. The minimum absolute atomic E-state index is 0.0161. The standard InChI is InChI=1S/C41H25BrN2O9/c42-26-13-14-27(28(19-26)44(48)49)43-37(45)35-36(38(43)46)41(25-9-5-2-6-10-25)34(23-12-16-30-32(18-23)53-21-51-30)33(22-11-15-29-31(17-22)52-20-50-29)40(35,39(41)47)24-7-3-1-4-8-24/h1-19,35-36H,20-21H2/t35-,36+,40-,41-/m0/s1. The van der Waals surface area contributed by atoms with Crippen molar-refractivity contribution < 1.29 is 38.3 Å². The summed E-state index contributed by atoms with van der Waals surface area (Å²) in [6, 6.07) is 33.0. The average Bonchev–Trinajstić information content (AvgIpc) is 3.98. The molecule has 10 rings (SSSR count). The van der Waals surface area contributed by atoms with Crippen molar-refractivity contribution in [2.24, 2.45) is 11.8 Å². The number of ketones is 1. The van der Waals surface area contributed by atoms with E-state index in [4.69, 9.17) is 18.9 Å². The highest BCUT2D eigenvalue weighted by Crippen LogP contribution is 2.75. The van der Waals surface area contributed by atoms with E-state index in [9.17, 15) is 10.1 Å². The molecule has 2 aliphatic carbocycles. The summed E-state index contributed by atoms with van der Waals surface area (Å²) in [5.41, 5.74) is -0.859. The monoisotopic (exact) mass is 768 g/mol. The number of carbonyl (C=O) groups is 3. The molecular weight excluding hydrogens is 744 g/mol. The number of allylic oxidation sites excluding steroid dienone is 2. The van der Waals surface area contributed by atoms with Gasteiger partial charge >= 0.3 is 0 Å². The summed E-state index contributed by atoms with van der Waals surface area (Å²) < 4.78 is 23.4. The molecule has 0 aromatic heterocycles. The number of fused-ring (bicyclic) bond motifs is 7. The Morgan fingerprint density at radius 3 is 1.57 bits per heavy atom. The second-order valence-electron chi connectivity index (χ2n) is 13.4. The first-order valence-electron chi connectivity index (χ1n) is 16.8. The highest BCUT2D eigenvalue weighted by Gasteiger charge is 2.83. The second kappa shape index (κ2) is 11.1. The molecule has 12 heteroatoms. The van der Waals surface area contributed by atoms with Crippen molar-refractivity contribution in [2.45, 2.75) is 10.8 Å². The van der Waals surface area contributed by atoms with Gasteiger partial charge in [0.15, 0.2) is 28.8 Å². The van der Waals surface area contributed by atoms with Crippen molar-refractivity contribution in [2.75, 3.05) is 18.5 Å². The Kier molecular flexibility index (Phi) is 6.60. The Labute approximate surface area is 309 Å². The highest BCUT2D eigenvalue weighted by atomic mass is 79.9. The molecule has 1 saturated carbocycles. The molecule has 0 radical (unpaired) electrons. The lowest BCUT2D eigenvalue weighted by Gasteiger charge is -2.39. The lowest BCUT2D eigenvalue weighted by molar-refractivity contribution is -0.384. The van der Waals surface area contributed by atoms with Crippen molar-refractivity contribution in [3.05, 3.63) is 152 Å². The molecule has 4 atom stereocenters. The molecule has 0 unspecified atom stereocenters. The third-order valence-electron chi connectivity index (χ3n) is 11.2. The average molecular weight is 770 g/mol. The summed E-state index contributed by atoms with van der Waals surface area (Å²) in [7, 11) is 0. The molecule has 5 aromatic rings. The maximum absolute atomic E-state index is 16.2. The SMILES string of the molecule is O=C1[C@@H]2[C@H](C(=O)N1c1ccc(Br)cc1[N+](=O)[O-])[C@@]1(c3ccccc3)C(=O)[C@@]2(c2ccccc2)C(c2ccc3c(c2)OCO3)=C1c1ccc2c(c1)OCO2. The number of hydrogen-bond donors (Lipinski definition) is 0. The van der Waals surface area contributed by atoms with Crippen LogP contribution in [0.2, 0.25) is 0 Å². The molecule has 2 amide bonds. The summed E-state index contributed by atoms with van der Waals surface area (Å²) in [4.78, 5) is 59.6. The Morgan fingerprint density at radius 2 is 1.09 bits per heavy atom. The third kappa shape index (κ3) is 3.95. The summed E-state index contributed by atoms with van der Waals surface area (Å²) in [5, 5.41) is 12.4. The Hall–Kier alpha value is -6.27. The second-order valence-corrected chi connectivity index (χ2v) is 14.3. The van der Waals surface area contributed by atoms with Gasteiger partial charge in [-0.1, -0.05) is 88.7 Å². The summed E-state index contributed by atoms with van der Waals surface area (Å²) in [6.07, 6.45) is 0. The quantitative estimate of drug-likeness (QED) is 0.102. The topological polar surface area (TPSA) is 135 Å². The normalized spacial score (nSPS) is 24.7. The predicted octanol–water partition coefficient (Wildman–Crippen LogP) is 7.00. The van der Waals surface area contributed by atoms with Crippen LogP contribution in [0.1, 0.15) is 22.3 Å². The number of nitro benzene ring substituents is 1. The zero-order chi connectivity index (χ0) is 36.2. The predicted molar refractivity (Wildman–Crippen MR) is 193 cm³/mol. The van der Waals surface area contributed by atoms with Gasteiger partial charge in [0.05, 0.1) is 27.6 Å². The number of ether oxygens (including phenoxy) is 4. The molecule has 0 N–H and O–H groups in total. The van der Waals surface area contributed by atoms with E-state index >= 15 is 14.4 Å². The third-order valence-corrected chi connectivity index (χ3v) is 11.6. The lowest BCUT2D eigenvalue weighted by Crippen LogP contribution is -2.45. The van der Waals surface area contributed by atoms with Gasteiger partial charge in [-0.2, -0.15) is 0 Å². The van der Waals surface area contributed by atoms with Gasteiger partial charge in [-0.3, -0.25) is 24.5 Å². The van der Waals surface area contributed by atoms with Crippen LogP contribution in [-0.4, -0.2) is 36.1 Å². The van der Waals surface area contributed by atoms with Crippen LogP contribution >= 0.6 is 15.9 Å². The number of carbonyl (C=O) groups excluding carboxylic acids is 3. The molecular formula is C41H25BrN2O9. The van der Waals surface area contributed by atoms with Crippen LogP contribution in [-0.2, 0) is 25.2 Å². The first kappa shape index (κ1) is 31.5. The molecule has 5 aliphatic rings. The fourth-order valence-electron chi connectivity index (χ4n) is 9.30. The number of amides is 2. The van der Waals surface area contributed by atoms with Crippen LogP contribution < -0.4 is 23.8 Å². The van der Waals surface area contributed by atoms with E-state index in [-0.39, 0.29) is 25.1 Å². The van der Waals surface area contributed by atoms with Crippen LogP contribution in [0.4, 0.5) is 11.4 Å². The number of nitro groups is 1. The van der Waals surface area contributed by atoms with E-state index < -0.39 is 45.1 Å². The fraction of sp³-hybridized carbons (Fsp3) is 0.146. The first-order chi connectivity index (χ1) is 25.8. The zero-order valence-corrected chi connectivity index (χ0v) is 29.1. The largest absolute Gasteiger partial charge is 0.454 e. The fourth-order valence-corrected chi connectivity index (χ4v) is 9.65. The molecule has 53 heavy (non-hydrogen) atoms. The molecule has 1 saturated heterocycles. The molecule has 260 valence electrons. The Morgan fingerprint density at radius 1 is 0.623 bits per heavy atom. The van der Waals surface area contributed by atoms with Crippen LogP contribution in [0.3, 0.4) is 0 Å². The van der Waals surface area contributed by atoms with E-state index in [1.807, 2.05) is 24.3 Å². The zero-order valence-electron chi connectivity index (χ0n) is 27.5. The molecule has 5 aromatic carbocycles. The van der Waals surface area contributed by atoms with Gasteiger partial charge in [-0.05, 0) is 69.8 Å². The number of benzene rings is 5. The van der Waals surface area contributed by atoms with Gasteiger partial charge in [0.1, 0.15) is 5.69 Å². The molecule has 0 spiro atoms. The Balaban J connectivity index is 1.36. The van der Waals surface area contributed by atoms with E-state index in [1.54, 1.807) is 78.9 Å². The van der Waals surface area contributed by atoms with Gasteiger partial charge in [-0.25, -0.2) is 4.90 Å². The van der Waals surface area contributed by atoms with E-state index in [0.717, 1.165) is 4.90 Å². The van der Waals surface area contributed by atoms with Crippen molar-refractivity contribution in [1.82, 2.24) is 0 Å². The van der Waals surface area contributed by atoms with Crippen molar-refractivity contribution >= 4 is 56.0 Å². The van der Waals surface area contributed by atoms with Gasteiger partial charge in [0.2, 0.25) is 25.4 Å². The minimum atomic E-state index is -1.74. The van der Waals surface area contributed by atoms with Gasteiger partial charge in [0, 0.05) is 10.5 Å². The van der Waals surface area contributed by atoms with Crippen molar-refractivity contribution in [3.8, 4) is 23.0 Å². The smallest absolute Gasteiger partial charge is 0.294 e. The molecule has 3 aliphatic heterocycles. The number of anilines is 1. The minimum Gasteiger partial charge on any atom is -0.454 e. The van der Waals surface area contributed by atoms with Crippen LogP contribution in [0.25, 0.3) is 11.1 Å². The lowest BCUT2D eigenvalue weighted by atomic mass is 9.59. The van der Waals surface area contributed by atoms with Gasteiger partial charge in [-0.15, -0.1) is 0 Å². The number of imide groups is 1. The maximum Gasteiger partial charge on any atom is 0.294 e. The Bertz CT molecular complexity index is 2370. The van der Waals surface area contributed by atoms with Crippen LogP contribution in [0.15, 0.2) is 120 Å². The highest BCUT2D eigenvalue weighted by molar-refractivity contribution is 9.10. The maximum atomic E-state index is 16.2. The number of halogens is 1. The number of hydrogen-bond acceptors (Lipinski definition) is 9. The number of Topliss-reactive ketones (excluding diaryl/α,β-unsaturated/α-hetero) is 1. The van der Waals surface area contributed by atoms with Crippen molar-refractivity contribution in [1.29, 1.82) is 0 Å². The van der Waals surface area contributed by atoms with E-state index in [0.29, 0.717) is 60.9 Å². The first-order valence-corrected chi connectivity index (χ1v) is 17.6. The van der Waals surface area contributed by atoms with Gasteiger partial charge < -0.3 is 18.9 Å². The molecule has 2 bridgehead atoms. The summed E-state index contributed by atoms with van der Waals surface area (Å²) in [6.45, 7) is 0.0321. The number of rotatable bonds is 6.